The van der Waals surface area contributed by atoms with Crippen LogP contribution >= 0.6 is 0 Å². The van der Waals surface area contributed by atoms with Gasteiger partial charge < -0.3 is 4.74 Å². The van der Waals surface area contributed by atoms with Crippen molar-refractivity contribution >= 4 is 5.97 Å². The highest BCUT2D eigenvalue weighted by Gasteiger charge is 2.23. The van der Waals surface area contributed by atoms with Crippen molar-refractivity contribution in [3.8, 4) is 0 Å². The van der Waals surface area contributed by atoms with Crippen LogP contribution in [0.4, 0.5) is 0 Å². The summed E-state index contributed by atoms with van der Waals surface area (Å²) in [7, 11) is 0. The van der Waals surface area contributed by atoms with Gasteiger partial charge in [-0.05, 0) is 96.6 Å². The van der Waals surface area contributed by atoms with E-state index in [0.29, 0.717) is 24.0 Å². The van der Waals surface area contributed by atoms with Crippen LogP contribution in [-0.2, 0) is 21.1 Å². The molecule has 2 aliphatic carbocycles. The molecule has 2 fully saturated rings. The van der Waals surface area contributed by atoms with Gasteiger partial charge >= 0.3 is 5.97 Å². The summed E-state index contributed by atoms with van der Waals surface area (Å²) in [5.41, 5.74) is 5.27. The molecule has 1 unspecified atom stereocenters. The van der Waals surface area contributed by atoms with Gasteiger partial charge in [0.05, 0.1) is 5.56 Å². The number of benzene rings is 3. The molecule has 4 heteroatoms. The zero-order valence-electron chi connectivity index (χ0n) is 26.9. The first kappa shape index (κ1) is 32.4. The van der Waals surface area contributed by atoms with Gasteiger partial charge in [-0.3, -0.25) is 0 Å². The molecule has 0 spiro atoms. The lowest BCUT2D eigenvalue weighted by atomic mass is 9.77. The van der Waals surface area contributed by atoms with Crippen molar-refractivity contribution in [1.29, 1.82) is 0 Å². The topological polar surface area (TPSA) is 44.8 Å². The zero-order chi connectivity index (χ0) is 30.6. The molecule has 4 nitrogen and oxygen atoms in total. The molecule has 0 heterocycles. The van der Waals surface area contributed by atoms with Crippen LogP contribution in [-0.4, -0.2) is 12.6 Å². The standard InChI is InChI=1S/C40H52O4/c1-3-4-6-9-31-14-20-34(21-15-31)35-22-16-32(17-23-35)28-42-43-29-39(37-10-7-5-8-11-37)44-40(41)38-26-24-36(25-27-38)33-18-12-30(2)13-19-33/h5,7-8,10-11,16-17,22-27,30-31,33-34,39H,3-4,6,9,12-15,18-21,28-29H2,1-2H3. The number of rotatable bonds is 14. The van der Waals surface area contributed by atoms with Crippen molar-refractivity contribution in [3.05, 3.63) is 107 Å². The van der Waals surface area contributed by atoms with Gasteiger partial charge in [-0.2, -0.15) is 0 Å². The van der Waals surface area contributed by atoms with Gasteiger partial charge in [-0.25, -0.2) is 14.6 Å². The minimum Gasteiger partial charge on any atom is -0.451 e. The van der Waals surface area contributed by atoms with Gasteiger partial charge in [0.15, 0.2) is 6.10 Å². The zero-order valence-corrected chi connectivity index (χ0v) is 26.9. The van der Waals surface area contributed by atoms with Crippen LogP contribution in [0, 0.1) is 11.8 Å². The second-order valence-corrected chi connectivity index (χ2v) is 13.4. The third-order valence-electron chi connectivity index (χ3n) is 10.1. The summed E-state index contributed by atoms with van der Waals surface area (Å²) in [4.78, 5) is 24.4. The van der Waals surface area contributed by atoms with Gasteiger partial charge in [0.1, 0.15) is 13.2 Å². The summed E-state index contributed by atoms with van der Waals surface area (Å²) in [6.07, 6.45) is 15.3. The lowest BCUT2D eigenvalue weighted by Gasteiger charge is -2.29. The van der Waals surface area contributed by atoms with E-state index in [0.717, 1.165) is 23.0 Å². The van der Waals surface area contributed by atoms with E-state index in [2.05, 4.69) is 50.2 Å². The molecule has 3 aromatic carbocycles. The molecule has 0 N–H and O–H groups in total. The molecule has 2 aliphatic rings. The molecule has 0 radical (unpaired) electrons. The Morgan fingerprint density at radius 2 is 1.34 bits per heavy atom. The van der Waals surface area contributed by atoms with E-state index in [-0.39, 0.29) is 12.6 Å². The van der Waals surface area contributed by atoms with E-state index in [1.165, 1.54) is 88.2 Å². The smallest absolute Gasteiger partial charge is 0.338 e. The maximum absolute atomic E-state index is 13.1. The van der Waals surface area contributed by atoms with Crippen LogP contribution in [0.25, 0.3) is 0 Å². The van der Waals surface area contributed by atoms with Crippen molar-refractivity contribution in [2.75, 3.05) is 6.61 Å². The van der Waals surface area contributed by atoms with E-state index < -0.39 is 6.10 Å². The molecule has 1 atom stereocenters. The first-order chi connectivity index (χ1) is 21.6. The quantitative estimate of drug-likeness (QED) is 0.0804. The SMILES string of the molecule is CCCCCC1CCC(c2ccc(COOCC(OC(=O)c3ccc(C4CCC(C)CC4)cc3)c3ccccc3)cc2)CC1. The van der Waals surface area contributed by atoms with Crippen LogP contribution < -0.4 is 0 Å². The van der Waals surface area contributed by atoms with E-state index in [1.807, 2.05) is 42.5 Å². The Morgan fingerprint density at radius 3 is 1.98 bits per heavy atom. The number of carbonyl (C=O) groups is 1. The summed E-state index contributed by atoms with van der Waals surface area (Å²) in [5, 5.41) is 0. The summed E-state index contributed by atoms with van der Waals surface area (Å²) in [5.74, 6) is 2.67. The first-order valence-electron chi connectivity index (χ1n) is 17.3. The molecule has 0 aromatic heterocycles. The number of unbranched alkanes of at least 4 members (excludes halogenated alkanes) is 2. The third kappa shape index (κ3) is 9.52. The first-order valence-corrected chi connectivity index (χ1v) is 17.3. The number of esters is 1. The van der Waals surface area contributed by atoms with Crippen molar-refractivity contribution in [2.24, 2.45) is 11.8 Å². The van der Waals surface area contributed by atoms with Gasteiger partial charge in [0.2, 0.25) is 0 Å². The highest BCUT2D eigenvalue weighted by atomic mass is 17.2. The van der Waals surface area contributed by atoms with E-state index >= 15 is 0 Å². The Labute approximate surface area is 265 Å². The van der Waals surface area contributed by atoms with E-state index in [4.69, 9.17) is 14.5 Å². The largest absolute Gasteiger partial charge is 0.451 e. The van der Waals surface area contributed by atoms with Crippen molar-refractivity contribution in [1.82, 2.24) is 0 Å². The Morgan fingerprint density at radius 1 is 0.727 bits per heavy atom. The van der Waals surface area contributed by atoms with Gasteiger partial charge in [-0.15, -0.1) is 0 Å². The molecule has 0 saturated heterocycles. The lowest BCUT2D eigenvalue weighted by Crippen LogP contribution is -2.17. The molecule has 236 valence electrons. The monoisotopic (exact) mass is 596 g/mol. The molecular weight excluding hydrogens is 544 g/mol. The highest BCUT2D eigenvalue weighted by molar-refractivity contribution is 5.89. The highest BCUT2D eigenvalue weighted by Crippen LogP contribution is 2.38. The van der Waals surface area contributed by atoms with E-state index in [1.54, 1.807) is 0 Å². The molecule has 3 aromatic rings. The fraction of sp³-hybridized carbons (Fsp3) is 0.525. The summed E-state index contributed by atoms with van der Waals surface area (Å²) in [6, 6.07) is 26.6. The number of carbonyl (C=O) groups excluding carboxylic acids is 1. The van der Waals surface area contributed by atoms with Crippen molar-refractivity contribution in [2.45, 2.75) is 115 Å². The minimum atomic E-state index is -0.567. The van der Waals surface area contributed by atoms with Crippen LogP contribution in [0.1, 0.15) is 141 Å². The van der Waals surface area contributed by atoms with Crippen LogP contribution in [0.2, 0.25) is 0 Å². The number of hydrogen-bond acceptors (Lipinski definition) is 4. The molecule has 0 bridgehead atoms. The average molecular weight is 597 g/mol. The average Bonchev–Trinajstić information content (AvgIpc) is 3.07. The second-order valence-electron chi connectivity index (χ2n) is 13.4. The summed E-state index contributed by atoms with van der Waals surface area (Å²) < 4.78 is 5.95. The predicted molar refractivity (Wildman–Crippen MR) is 177 cm³/mol. The number of hydrogen-bond donors (Lipinski definition) is 0. The van der Waals surface area contributed by atoms with Crippen molar-refractivity contribution < 1.29 is 19.3 Å². The normalized spacial score (nSPS) is 22.8. The molecule has 0 aliphatic heterocycles. The molecular formula is C40H52O4. The molecule has 44 heavy (non-hydrogen) atoms. The number of ether oxygens (including phenoxy) is 1. The van der Waals surface area contributed by atoms with Crippen LogP contribution in [0.15, 0.2) is 78.9 Å². The Hall–Kier alpha value is -2.95. The fourth-order valence-electron chi connectivity index (χ4n) is 7.12. The lowest BCUT2D eigenvalue weighted by molar-refractivity contribution is -0.314. The Balaban J connectivity index is 1.08. The van der Waals surface area contributed by atoms with Gasteiger partial charge in [-0.1, -0.05) is 119 Å². The summed E-state index contributed by atoms with van der Waals surface area (Å²) in [6.45, 7) is 5.09. The maximum atomic E-state index is 13.1. The Kier molecular flexibility index (Phi) is 12.5. The fourth-order valence-corrected chi connectivity index (χ4v) is 7.12. The van der Waals surface area contributed by atoms with Crippen LogP contribution in [0.3, 0.4) is 0 Å². The van der Waals surface area contributed by atoms with Crippen molar-refractivity contribution in [3.63, 3.8) is 0 Å². The molecule has 2 saturated carbocycles. The molecule has 5 rings (SSSR count). The van der Waals surface area contributed by atoms with E-state index in [9.17, 15) is 4.79 Å². The summed E-state index contributed by atoms with van der Waals surface area (Å²) >= 11 is 0. The minimum absolute atomic E-state index is 0.119. The third-order valence-corrected chi connectivity index (χ3v) is 10.1. The molecule has 0 amide bonds. The van der Waals surface area contributed by atoms with Crippen LogP contribution in [0.5, 0.6) is 0 Å². The predicted octanol–water partition coefficient (Wildman–Crippen LogP) is 10.9. The van der Waals surface area contributed by atoms with Gasteiger partial charge in [0.25, 0.3) is 0 Å². The Bertz CT molecular complexity index is 1240. The second kappa shape index (κ2) is 16.9. The van der Waals surface area contributed by atoms with Gasteiger partial charge in [0, 0.05) is 0 Å². The maximum Gasteiger partial charge on any atom is 0.338 e.